The predicted octanol–water partition coefficient (Wildman–Crippen LogP) is 1.95. The SMILES string of the molecule is Cc1nnc(NS(=O)(=O)c2ccc(I)c(C(=O)O)c2)s1. The number of hydrogen-bond donors (Lipinski definition) is 2. The van der Waals surface area contributed by atoms with Crippen molar-refractivity contribution < 1.29 is 18.3 Å². The average molecular weight is 425 g/mol. The van der Waals surface area contributed by atoms with Crippen LogP contribution in [0.15, 0.2) is 23.1 Å². The first-order valence-electron chi connectivity index (χ1n) is 5.15. The molecule has 2 aromatic rings. The molecule has 0 spiro atoms. The Morgan fingerprint density at radius 3 is 2.65 bits per heavy atom. The van der Waals surface area contributed by atoms with Crippen LogP contribution in [0.3, 0.4) is 0 Å². The summed E-state index contributed by atoms with van der Waals surface area (Å²) in [7, 11) is -3.88. The zero-order chi connectivity index (χ0) is 14.9. The number of aryl methyl sites for hydroxylation is 1. The van der Waals surface area contributed by atoms with E-state index in [-0.39, 0.29) is 15.6 Å². The van der Waals surface area contributed by atoms with E-state index in [0.29, 0.717) is 8.58 Å². The summed E-state index contributed by atoms with van der Waals surface area (Å²) in [5.41, 5.74) is -0.0677. The lowest BCUT2D eigenvalue weighted by Gasteiger charge is -2.06. The molecule has 0 saturated carbocycles. The number of sulfonamides is 1. The minimum Gasteiger partial charge on any atom is -0.478 e. The Kier molecular flexibility index (Phi) is 4.25. The Morgan fingerprint density at radius 1 is 1.40 bits per heavy atom. The second kappa shape index (κ2) is 5.61. The van der Waals surface area contributed by atoms with Crippen molar-refractivity contribution >= 4 is 55.1 Å². The highest BCUT2D eigenvalue weighted by atomic mass is 127. The molecule has 0 saturated heterocycles. The normalized spacial score (nSPS) is 11.3. The van der Waals surface area contributed by atoms with Gasteiger partial charge in [0.2, 0.25) is 5.13 Å². The van der Waals surface area contributed by atoms with Crippen LogP contribution in [0.5, 0.6) is 0 Å². The summed E-state index contributed by atoms with van der Waals surface area (Å²) in [6.45, 7) is 1.70. The van der Waals surface area contributed by atoms with Crippen LogP contribution in [0.2, 0.25) is 0 Å². The van der Waals surface area contributed by atoms with E-state index in [1.54, 1.807) is 6.92 Å². The fourth-order valence-electron chi connectivity index (χ4n) is 1.35. The van der Waals surface area contributed by atoms with E-state index in [9.17, 15) is 13.2 Å². The molecule has 0 atom stereocenters. The maximum atomic E-state index is 12.1. The van der Waals surface area contributed by atoms with Gasteiger partial charge in [-0.25, -0.2) is 13.2 Å². The fraction of sp³-hybridized carbons (Fsp3) is 0.100. The summed E-state index contributed by atoms with van der Waals surface area (Å²) in [5.74, 6) is -1.18. The summed E-state index contributed by atoms with van der Waals surface area (Å²) in [4.78, 5) is 10.9. The molecule has 0 aliphatic heterocycles. The first kappa shape index (κ1) is 15.1. The number of nitrogens with one attached hydrogen (secondary N) is 1. The molecular weight excluding hydrogens is 417 g/mol. The number of rotatable bonds is 4. The van der Waals surface area contributed by atoms with Crippen LogP contribution in [0.4, 0.5) is 5.13 Å². The molecule has 0 aliphatic rings. The third-order valence-corrected chi connectivity index (χ3v) is 5.39. The molecule has 0 aliphatic carbocycles. The first-order valence-corrected chi connectivity index (χ1v) is 8.53. The number of aromatic nitrogens is 2. The van der Waals surface area contributed by atoms with Crippen molar-refractivity contribution in [2.45, 2.75) is 11.8 Å². The summed E-state index contributed by atoms with van der Waals surface area (Å²) in [6.07, 6.45) is 0. The summed E-state index contributed by atoms with van der Waals surface area (Å²) < 4.78 is 27.0. The van der Waals surface area contributed by atoms with Gasteiger partial charge in [0.05, 0.1) is 10.5 Å². The lowest BCUT2D eigenvalue weighted by Crippen LogP contribution is -2.14. The summed E-state index contributed by atoms with van der Waals surface area (Å²) in [6, 6.07) is 3.88. The van der Waals surface area contributed by atoms with Crippen molar-refractivity contribution in [2.24, 2.45) is 0 Å². The Balaban J connectivity index is 2.39. The molecule has 1 aromatic carbocycles. The number of carboxylic acid groups (broad SMARTS) is 1. The summed E-state index contributed by atoms with van der Waals surface area (Å²) >= 11 is 2.92. The highest BCUT2D eigenvalue weighted by molar-refractivity contribution is 14.1. The maximum absolute atomic E-state index is 12.1. The molecule has 0 bridgehead atoms. The van der Waals surface area contributed by atoms with Crippen molar-refractivity contribution in [1.82, 2.24) is 10.2 Å². The van der Waals surface area contributed by atoms with Gasteiger partial charge in [0.15, 0.2) is 0 Å². The lowest BCUT2D eigenvalue weighted by atomic mass is 10.2. The molecule has 0 radical (unpaired) electrons. The van der Waals surface area contributed by atoms with Crippen LogP contribution in [-0.4, -0.2) is 29.7 Å². The van der Waals surface area contributed by atoms with E-state index in [0.717, 1.165) is 17.4 Å². The number of hydrogen-bond acceptors (Lipinski definition) is 6. The van der Waals surface area contributed by atoms with Crippen LogP contribution < -0.4 is 4.72 Å². The van der Waals surface area contributed by atoms with Gasteiger partial charge in [-0.15, -0.1) is 10.2 Å². The van der Waals surface area contributed by atoms with E-state index >= 15 is 0 Å². The van der Waals surface area contributed by atoms with Crippen LogP contribution >= 0.6 is 33.9 Å². The second-order valence-electron chi connectivity index (χ2n) is 3.68. The average Bonchev–Trinajstić information content (AvgIpc) is 2.73. The number of aromatic carboxylic acids is 1. The fourth-order valence-corrected chi connectivity index (χ4v) is 3.76. The number of nitrogens with zero attached hydrogens (tertiary/aromatic N) is 2. The van der Waals surface area contributed by atoms with Crippen molar-refractivity contribution in [3.8, 4) is 0 Å². The molecule has 7 nitrogen and oxygen atoms in total. The largest absolute Gasteiger partial charge is 0.478 e. The molecule has 1 aromatic heterocycles. The highest BCUT2D eigenvalue weighted by Crippen LogP contribution is 2.22. The van der Waals surface area contributed by atoms with Crippen molar-refractivity contribution in [2.75, 3.05) is 4.72 Å². The van der Waals surface area contributed by atoms with Gasteiger partial charge in [-0.1, -0.05) is 11.3 Å². The van der Waals surface area contributed by atoms with E-state index in [2.05, 4.69) is 14.9 Å². The Hall–Kier alpha value is -1.27. The molecule has 106 valence electrons. The number of anilines is 1. The standard InChI is InChI=1S/C10H8IN3O4S2/c1-5-12-13-10(19-5)14-20(17,18)6-2-3-8(11)7(4-6)9(15)16/h2-4H,1H3,(H,13,14)(H,15,16). The summed E-state index contributed by atoms with van der Waals surface area (Å²) in [5, 5.41) is 17.1. The minimum atomic E-state index is -3.88. The smallest absolute Gasteiger partial charge is 0.336 e. The lowest BCUT2D eigenvalue weighted by molar-refractivity contribution is 0.0695. The molecule has 0 fully saturated rings. The Morgan fingerprint density at radius 2 is 2.10 bits per heavy atom. The quantitative estimate of drug-likeness (QED) is 0.725. The van der Waals surface area contributed by atoms with Crippen molar-refractivity contribution in [3.63, 3.8) is 0 Å². The van der Waals surface area contributed by atoms with E-state index in [1.165, 1.54) is 12.1 Å². The maximum Gasteiger partial charge on any atom is 0.336 e. The number of carbonyl (C=O) groups is 1. The van der Waals surface area contributed by atoms with E-state index < -0.39 is 16.0 Å². The van der Waals surface area contributed by atoms with Crippen LogP contribution in [0.1, 0.15) is 15.4 Å². The minimum absolute atomic E-state index is 0.0677. The predicted molar refractivity (Wildman–Crippen MR) is 81.6 cm³/mol. The third kappa shape index (κ3) is 3.24. The number of halogens is 1. The molecular formula is C10H8IN3O4S2. The second-order valence-corrected chi connectivity index (χ2v) is 7.70. The van der Waals surface area contributed by atoms with Crippen LogP contribution in [0, 0.1) is 10.5 Å². The molecule has 0 amide bonds. The first-order chi connectivity index (χ1) is 9.29. The van der Waals surface area contributed by atoms with Crippen LogP contribution in [0.25, 0.3) is 0 Å². The van der Waals surface area contributed by atoms with Gasteiger partial charge < -0.3 is 5.11 Å². The molecule has 20 heavy (non-hydrogen) atoms. The zero-order valence-electron chi connectivity index (χ0n) is 9.99. The van der Waals surface area contributed by atoms with Gasteiger partial charge in [-0.05, 0) is 47.7 Å². The van der Waals surface area contributed by atoms with E-state index in [1.807, 2.05) is 22.6 Å². The monoisotopic (exact) mass is 425 g/mol. The van der Waals surface area contributed by atoms with Gasteiger partial charge >= 0.3 is 5.97 Å². The van der Waals surface area contributed by atoms with Gasteiger partial charge in [0, 0.05) is 3.57 Å². The molecule has 2 N–H and O–H groups in total. The Bertz CT molecular complexity index is 773. The number of carboxylic acids is 1. The molecule has 10 heteroatoms. The number of benzene rings is 1. The van der Waals surface area contributed by atoms with Gasteiger partial charge in [0.25, 0.3) is 10.0 Å². The van der Waals surface area contributed by atoms with E-state index in [4.69, 9.17) is 5.11 Å². The van der Waals surface area contributed by atoms with Gasteiger partial charge in [0.1, 0.15) is 5.01 Å². The van der Waals surface area contributed by atoms with Gasteiger partial charge in [-0.2, -0.15) is 0 Å². The highest BCUT2D eigenvalue weighted by Gasteiger charge is 2.19. The molecule has 2 rings (SSSR count). The van der Waals surface area contributed by atoms with Crippen LogP contribution in [-0.2, 0) is 10.0 Å². The Labute approximate surface area is 132 Å². The topological polar surface area (TPSA) is 109 Å². The van der Waals surface area contributed by atoms with Crippen molar-refractivity contribution in [1.29, 1.82) is 0 Å². The van der Waals surface area contributed by atoms with Crippen molar-refractivity contribution in [3.05, 3.63) is 32.3 Å². The third-order valence-electron chi connectivity index (χ3n) is 2.23. The van der Waals surface area contributed by atoms with Gasteiger partial charge in [-0.3, -0.25) is 4.72 Å². The molecule has 0 unspecified atom stereocenters. The zero-order valence-corrected chi connectivity index (χ0v) is 13.8. The molecule has 1 heterocycles.